The first kappa shape index (κ1) is 17.0. The van der Waals surface area contributed by atoms with E-state index in [0.717, 1.165) is 0 Å². The molecule has 2 atom stereocenters. The van der Waals surface area contributed by atoms with E-state index in [1.807, 2.05) is 13.8 Å². The van der Waals surface area contributed by atoms with Gasteiger partial charge in [0.2, 0.25) is 10.0 Å². The highest BCUT2D eigenvalue weighted by atomic mass is 35.5. The van der Waals surface area contributed by atoms with Crippen LogP contribution in [0.25, 0.3) is 0 Å². The fourth-order valence-electron chi connectivity index (χ4n) is 2.39. The van der Waals surface area contributed by atoms with Crippen molar-refractivity contribution in [2.45, 2.75) is 37.5 Å². The molecule has 1 heterocycles. The lowest BCUT2D eigenvalue weighted by Crippen LogP contribution is -2.48. The molecule has 1 aromatic rings. The van der Waals surface area contributed by atoms with E-state index in [-0.39, 0.29) is 28.7 Å². The van der Waals surface area contributed by atoms with E-state index >= 15 is 0 Å². The number of nitrogens with zero attached hydrogens (tertiary/aromatic N) is 1. The van der Waals surface area contributed by atoms with Gasteiger partial charge in [0.05, 0.1) is 17.2 Å². The van der Waals surface area contributed by atoms with Crippen LogP contribution in [-0.4, -0.2) is 38.0 Å². The number of rotatable bonds is 3. The van der Waals surface area contributed by atoms with Crippen molar-refractivity contribution in [2.75, 3.05) is 13.1 Å². The van der Waals surface area contributed by atoms with E-state index < -0.39 is 10.0 Å². The molecule has 0 spiro atoms. The van der Waals surface area contributed by atoms with Crippen LogP contribution < -0.4 is 5.73 Å². The van der Waals surface area contributed by atoms with Crippen LogP contribution in [0.4, 0.5) is 0 Å². The van der Waals surface area contributed by atoms with Crippen molar-refractivity contribution >= 4 is 33.2 Å². The maximum Gasteiger partial charge on any atom is 0.244 e. The SMILES string of the molecule is CC1CN(S(=O)(=O)c2cc(CN)c(Cl)cc2Cl)CC(C)O1. The molecule has 0 aliphatic carbocycles. The lowest BCUT2D eigenvalue weighted by molar-refractivity contribution is -0.0440. The molecule has 118 valence electrons. The summed E-state index contributed by atoms with van der Waals surface area (Å²) < 4.78 is 32.5. The normalized spacial score (nSPS) is 24.2. The largest absolute Gasteiger partial charge is 0.373 e. The second kappa shape index (κ2) is 6.40. The maximum atomic E-state index is 12.8. The summed E-state index contributed by atoms with van der Waals surface area (Å²) in [5.41, 5.74) is 6.13. The zero-order chi connectivity index (χ0) is 15.8. The molecule has 1 fully saturated rings. The van der Waals surface area contributed by atoms with Gasteiger partial charge in [0.1, 0.15) is 4.90 Å². The molecule has 0 saturated carbocycles. The van der Waals surface area contributed by atoms with Gasteiger partial charge in [0.15, 0.2) is 0 Å². The fourth-order valence-corrected chi connectivity index (χ4v) is 4.83. The standard InChI is InChI=1S/C13H18Cl2N2O3S/c1-8-6-17(7-9(2)20-8)21(18,19)13-3-10(5-16)11(14)4-12(13)15/h3-4,8-9H,5-7,16H2,1-2H3. The zero-order valence-electron chi connectivity index (χ0n) is 11.8. The van der Waals surface area contributed by atoms with Crippen LogP contribution in [0.2, 0.25) is 10.0 Å². The van der Waals surface area contributed by atoms with Crippen LogP contribution in [0.3, 0.4) is 0 Å². The molecule has 2 N–H and O–H groups in total. The van der Waals surface area contributed by atoms with Gasteiger partial charge in [-0.3, -0.25) is 0 Å². The third-order valence-corrected chi connectivity index (χ3v) is 5.97. The van der Waals surface area contributed by atoms with E-state index in [1.165, 1.54) is 16.4 Å². The first-order valence-corrected chi connectivity index (χ1v) is 8.79. The molecule has 2 rings (SSSR count). The molecule has 0 amide bonds. The number of sulfonamides is 1. The Balaban J connectivity index is 2.44. The Kier molecular flexibility index (Phi) is 5.18. The average molecular weight is 353 g/mol. The van der Waals surface area contributed by atoms with Crippen LogP contribution >= 0.6 is 23.2 Å². The van der Waals surface area contributed by atoms with Crippen LogP contribution in [0.5, 0.6) is 0 Å². The van der Waals surface area contributed by atoms with Gasteiger partial charge in [0, 0.05) is 24.7 Å². The van der Waals surface area contributed by atoms with E-state index in [0.29, 0.717) is 23.7 Å². The van der Waals surface area contributed by atoms with Crippen molar-refractivity contribution in [1.29, 1.82) is 0 Å². The van der Waals surface area contributed by atoms with Crippen molar-refractivity contribution in [3.8, 4) is 0 Å². The molecule has 1 aliphatic heterocycles. The van der Waals surface area contributed by atoms with Gasteiger partial charge >= 0.3 is 0 Å². The Bertz CT molecular complexity index is 627. The summed E-state index contributed by atoms with van der Waals surface area (Å²) >= 11 is 12.1. The van der Waals surface area contributed by atoms with Crippen LogP contribution in [-0.2, 0) is 21.3 Å². The van der Waals surface area contributed by atoms with Gasteiger partial charge in [-0.25, -0.2) is 8.42 Å². The molecule has 21 heavy (non-hydrogen) atoms. The number of hydrogen-bond acceptors (Lipinski definition) is 4. The number of benzene rings is 1. The topological polar surface area (TPSA) is 72.6 Å². The van der Waals surface area contributed by atoms with E-state index in [9.17, 15) is 8.42 Å². The first-order chi connectivity index (χ1) is 9.75. The summed E-state index contributed by atoms with van der Waals surface area (Å²) in [7, 11) is -3.70. The predicted octanol–water partition coefficient (Wildman–Crippen LogP) is 2.25. The van der Waals surface area contributed by atoms with Crippen molar-refractivity contribution in [1.82, 2.24) is 4.31 Å². The summed E-state index contributed by atoms with van der Waals surface area (Å²) in [4.78, 5) is 0.0373. The number of ether oxygens (including phenoxy) is 1. The van der Waals surface area contributed by atoms with Crippen LogP contribution in [0, 0.1) is 0 Å². The minimum Gasteiger partial charge on any atom is -0.373 e. The summed E-state index contributed by atoms with van der Waals surface area (Å²) in [6.07, 6.45) is -0.327. The van der Waals surface area contributed by atoms with Crippen LogP contribution in [0.1, 0.15) is 19.4 Å². The summed E-state index contributed by atoms with van der Waals surface area (Å²) in [5, 5.41) is 0.467. The Morgan fingerprint density at radius 3 is 2.33 bits per heavy atom. The third kappa shape index (κ3) is 3.52. The van der Waals surface area contributed by atoms with E-state index in [1.54, 1.807) is 0 Å². The first-order valence-electron chi connectivity index (χ1n) is 6.59. The van der Waals surface area contributed by atoms with Gasteiger partial charge in [-0.2, -0.15) is 4.31 Å². The van der Waals surface area contributed by atoms with E-state index in [2.05, 4.69) is 0 Å². The van der Waals surface area contributed by atoms with E-state index in [4.69, 9.17) is 33.7 Å². The number of hydrogen-bond donors (Lipinski definition) is 1. The number of morpholine rings is 1. The summed E-state index contributed by atoms with van der Waals surface area (Å²) in [6, 6.07) is 2.87. The molecule has 0 aromatic heterocycles. The van der Waals surface area contributed by atoms with Crippen molar-refractivity contribution in [3.63, 3.8) is 0 Å². The second-order valence-electron chi connectivity index (χ2n) is 5.16. The van der Waals surface area contributed by atoms with Crippen molar-refractivity contribution in [3.05, 3.63) is 27.7 Å². The predicted molar refractivity (Wildman–Crippen MR) is 83.1 cm³/mol. The van der Waals surface area contributed by atoms with Crippen molar-refractivity contribution < 1.29 is 13.2 Å². The van der Waals surface area contributed by atoms with Gasteiger partial charge in [0.25, 0.3) is 0 Å². The molecule has 0 bridgehead atoms. The fraction of sp³-hybridized carbons (Fsp3) is 0.538. The quantitative estimate of drug-likeness (QED) is 0.905. The average Bonchev–Trinajstić information content (AvgIpc) is 2.37. The summed E-state index contributed by atoms with van der Waals surface area (Å²) in [6.45, 7) is 4.42. The molecule has 1 saturated heterocycles. The molecular formula is C13H18Cl2N2O3S. The molecule has 5 nitrogen and oxygen atoms in total. The molecular weight excluding hydrogens is 335 g/mol. The molecule has 1 aromatic carbocycles. The smallest absolute Gasteiger partial charge is 0.244 e. The van der Waals surface area contributed by atoms with Gasteiger partial charge in [-0.05, 0) is 31.5 Å². The Morgan fingerprint density at radius 2 is 1.81 bits per heavy atom. The summed E-state index contributed by atoms with van der Waals surface area (Å²) in [5.74, 6) is 0. The highest BCUT2D eigenvalue weighted by Gasteiger charge is 2.33. The highest BCUT2D eigenvalue weighted by molar-refractivity contribution is 7.89. The molecule has 1 aliphatic rings. The molecule has 2 unspecified atom stereocenters. The Labute approximate surface area is 135 Å². The molecule has 0 radical (unpaired) electrons. The van der Waals surface area contributed by atoms with Gasteiger partial charge < -0.3 is 10.5 Å². The number of nitrogens with two attached hydrogens (primary N) is 1. The second-order valence-corrected chi connectivity index (χ2v) is 7.88. The minimum atomic E-state index is -3.70. The highest BCUT2D eigenvalue weighted by Crippen LogP contribution is 2.31. The molecule has 8 heteroatoms. The van der Waals surface area contributed by atoms with Gasteiger partial charge in [-0.15, -0.1) is 0 Å². The maximum absolute atomic E-state index is 12.8. The zero-order valence-corrected chi connectivity index (χ0v) is 14.2. The lowest BCUT2D eigenvalue weighted by Gasteiger charge is -2.34. The van der Waals surface area contributed by atoms with Gasteiger partial charge in [-0.1, -0.05) is 23.2 Å². The third-order valence-electron chi connectivity index (χ3n) is 3.32. The minimum absolute atomic E-state index is 0.0373. The Morgan fingerprint density at radius 1 is 1.24 bits per heavy atom. The van der Waals surface area contributed by atoms with Crippen molar-refractivity contribution in [2.24, 2.45) is 5.73 Å². The Hall–Kier alpha value is -0.370. The lowest BCUT2D eigenvalue weighted by atomic mass is 10.2. The van der Waals surface area contributed by atoms with Crippen LogP contribution in [0.15, 0.2) is 17.0 Å². The monoisotopic (exact) mass is 352 g/mol. The number of halogens is 2.